The Kier molecular flexibility index (Phi) is 4.61. The van der Waals surface area contributed by atoms with Crippen LogP contribution < -0.4 is 5.32 Å². The van der Waals surface area contributed by atoms with Crippen LogP contribution in [0.25, 0.3) is 10.9 Å². The van der Waals surface area contributed by atoms with Crippen molar-refractivity contribution in [2.45, 2.75) is 38.1 Å². The summed E-state index contributed by atoms with van der Waals surface area (Å²) in [5.41, 5.74) is 2.23. The molecular formula is C20H22N2O5S. The fourth-order valence-electron chi connectivity index (χ4n) is 4.13. The highest BCUT2D eigenvalue weighted by molar-refractivity contribution is 7.91. The van der Waals surface area contributed by atoms with Gasteiger partial charge >= 0.3 is 5.97 Å². The number of sulfone groups is 1. The Morgan fingerprint density at radius 3 is 2.79 bits per heavy atom. The highest BCUT2D eigenvalue weighted by Gasteiger charge is 2.39. The Morgan fingerprint density at radius 2 is 2.04 bits per heavy atom. The third-order valence-corrected chi connectivity index (χ3v) is 7.31. The minimum absolute atomic E-state index is 0.0543. The quantitative estimate of drug-likeness (QED) is 0.779. The number of nitrogens with one attached hydrogen (secondary N) is 1. The first kappa shape index (κ1) is 18.9. The molecule has 2 aromatic rings. The van der Waals surface area contributed by atoms with E-state index >= 15 is 0 Å². The monoisotopic (exact) mass is 402 g/mol. The molecule has 1 atom stereocenters. The van der Waals surface area contributed by atoms with Crippen LogP contribution in [0.3, 0.4) is 0 Å². The van der Waals surface area contributed by atoms with Crippen LogP contribution in [0.2, 0.25) is 0 Å². The Labute approximate surface area is 163 Å². The topological polar surface area (TPSA) is 102 Å². The van der Waals surface area contributed by atoms with E-state index in [2.05, 4.69) is 10.3 Å². The highest BCUT2D eigenvalue weighted by Crippen LogP contribution is 2.30. The molecule has 0 bridgehead atoms. The number of benzene rings is 1. The van der Waals surface area contributed by atoms with Gasteiger partial charge in [-0.25, -0.2) is 13.2 Å². The number of rotatable bonds is 4. The van der Waals surface area contributed by atoms with Gasteiger partial charge in [0.2, 0.25) is 0 Å². The number of esters is 1. The van der Waals surface area contributed by atoms with Crippen LogP contribution in [0.5, 0.6) is 0 Å². The molecule has 148 valence electrons. The average Bonchev–Trinajstić information content (AvgIpc) is 3.20. The van der Waals surface area contributed by atoms with Crippen LogP contribution >= 0.6 is 0 Å². The second kappa shape index (κ2) is 6.84. The van der Waals surface area contributed by atoms with Gasteiger partial charge in [-0.3, -0.25) is 9.78 Å². The summed E-state index contributed by atoms with van der Waals surface area (Å²) in [6, 6.07) is 7.41. The minimum Gasteiger partial charge on any atom is -0.452 e. The molecule has 28 heavy (non-hydrogen) atoms. The van der Waals surface area contributed by atoms with E-state index < -0.39 is 33.9 Å². The number of carbonyl (C=O) groups excluding carboxylic acids is 2. The number of hydrogen-bond acceptors (Lipinski definition) is 6. The van der Waals surface area contributed by atoms with Gasteiger partial charge in [0.15, 0.2) is 16.4 Å². The largest absolute Gasteiger partial charge is 0.452 e. The molecule has 1 fully saturated rings. The molecule has 1 aliphatic heterocycles. The standard InChI is InChI=1S/C20H22N2O5S/c1-20(9-10-28(25,26)12-20)22-17(23)11-27-19(24)18-13-5-2-3-7-15(13)21-16-8-4-6-14(16)18/h2-3,5,7H,4,6,8-12H2,1H3,(H,22,23)/t20-/m0/s1. The summed E-state index contributed by atoms with van der Waals surface area (Å²) in [6.45, 7) is 1.25. The van der Waals surface area contributed by atoms with Gasteiger partial charge in [-0.1, -0.05) is 18.2 Å². The fourth-order valence-corrected chi connectivity index (χ4v) is 6.22. The molecule has 0 unspecified atom stereocenters. The molecule has 7 nitrogen and oxygen atoms in total. The van der Waals surface area contributed by atoms with Crippen LogP contribution in [0.1, 0.15) is 41.4 Å². The van der Waals surface area contributed by atoms with E-state index in [1.807, 2.05) is 24.3 Å². The molecule has 0 radical (unpaired) electrons. The zero-order valence-corrected chi connectivity index (χ0v) is 16.5. The lowest BCUT2D eigenvalue weighted by molar-refractivity contribution is -0.125. The first-order chi connectivity index (χ1) is 13.3. The Bertz CT molecular complexity index is 1080. The lowest BCUT2D eigenvalue weighted by Crippen LogP contribution is -2.48. The van der Waals surface area contributed by atoms with Crippen molar-refractivity contribution >= 4 is 32.6 Å². The molecule has 1 aliphatic carbocycles. The first-order valence-corrected chi connectivity index (χ1v) is 11.2. The van der Waals surface area contributed by atoms with Gasteiger partial charge in [-0.2, -0.15) is 0 Å². The van der Waals surface area contributed by atoms with Crippen LogP contribution in [0.15, 0.2) is 24.3 Å². The lowest BCUT2D eigenvalue weighted by atomic mass is 10.0. The van der Waals surface area contributed by atoms with Gasteiger partial charge in [-0.15, -0.1) is 0 Å². The molecule has 0 spiro atoms. The SMILES string of the molecule is C[C@]1(NC(=O)COC(=O)c2c3c(nc4ccccc24)CCC3)CCS(=O)(=O)C1. The average molecular weight is 402 g/mol. The number of carbonyl (C=O) groups is 2. The predicted octanol–water partition coefficient (Wildman–Crippen LogP) is 1.57. The summed E-state index contributed by atoms with van der Waals surface area (Å²) in [4.78, 5) is 29.7. The normalized spacial score (nSPS) is 22.8. The Morgan fingerprint density at radius 1 is 1.25 bits per heavy atom. The smallest absolute Gasteiger partial charge is 0.339 e. The Hall–Kier alpha value is -2.48. The number of ether oxygens (including phenoxy) is 1. The van der Waals surface area contributed by atoms with E-state index in [-0.39, 0.29) is 11.5 Å². The summed E-state index contributed by atoms with van der Waals surface area (Å²) in [7, 11) is -3.13. The fraction of sp³-hybridized carbons (Fsp3) is 0.450. The number of para-hydroxylation sites is 1. The zero-order valence-electron chi connectivity index (χ0n) is 15.7. The molecule has 1 aromatic heterocycles. The maximum atomic E-state index is 12.8. The number of aryl methyl sites for hydroxylation is 1. The van der Waals surface area contributed by atoms with Crippen LogP contribution in [-0.2, 0) is 32.2 Å². The molecule has 8 heteroatoms. The van der Waals surface area contributed by atoms with Crippen LogP contribution in [-0.4, -0.2) is 48.9 Å². The predicted molar refractivity (Wildman–Crippen MR) is 104 cm³/mol. The van der Waals surface area contributed by atoms with Crippen molar-refractivity contribution < 1.29 is 22.7 Å². The van der Waals surface area contributed by atoms with Crippen LogP contribution in [0.4, 0.5) is 0 Å². The van der Waals surface area contributed by atoms with E-state index in [9.17, 15) is 18.0 Å². The van der Waals surface area contributed by atoms with Gasteiger partial charge in [0.1, 0.15) is 0 Å². The van der Waals surface area contributed by atoms with Crippen molar-refractivity contribution in [1.82, 2.24) is 10.3 Å². The second-order valence-corrected chi connectivity index (χ2v) is 9.99. The zero-order chi connectivity index (χ0) is 19.9. The lowest BCUT2D eigenvalue weighted by Gasteiger charge is -2.23. The van der Waals surface area contributed by atoms with Crippen molar-refractivity contribution in [2.75, 3.05) is 18.1 Å². The van der Waals surface area contributed by atoms with E-state index in [1.54, 1.807) is 6.92 Å². The number of pyridine rings is 1. The van der Waals surface area contributed by atoms with E-state index in [0.717, 1.165) is 41.4 Å². The number of fused-ring (bicyclic) bond motifs is 2. The summed E-state index contributed by atoms with van der Waals surface area (Å²) in [6.07, 6.45) is 2.89. The summed E-state index contributed by atoms with van der Waals surface area (Å²) >= 11 is 0. The summed E-state index contributed by atoms with van der Waals surface area (Å²) < 4.78 is 28.6. The molecule has 1 aromatic carbocycles. The maximum absolute atomic E-state index is 12.8. The van der Waals surface area contributed by atoms with Gasteiger partial charge in [0, 0.05) is 11.1 Å². The van der Waals surface area contributed by atoms with Crippen molar-refractivity contribution in [2.24, 2.45) is 0 Å². The van der Waals surface area contributed by atoms with Crippen molar-refractivity contribution in [3.63, 3.8) is 0 Å². The first-order valence-electron chi connectivity index (χ1n) is 9.35. The van der Waals surface area contributed by atoms with Crippen molar-refractivity contribution in [3.05, 3.63) is 41.1 Å². The molecule has 4 rings (SSSR count). The number of nitrogens with zero attached hydrogens (tertiary/aromatic N) is 1. The van der Waals surface area contributed by atoms with Gasteiger partial charge in [0.25, 0.3) is 5.91 Å². The molecular weight excluding hydrogens is 380 g/mol. The molecule has 1 N–H and O–H groups in total. The third kappa shape index (κ3) is 3.61. The number of amides is 1. The number of aromatic nitrogens is 1. The Balaban J connectivity index is 1.50. The molecule has 0 saturated carbocycles. The van der Waals surface area contributed by atoms with E-state index in [4.69, 9.17) is 4.74 Å². The van der Waals surface area contributed by atoms with Gasteiger partial charge < -0.3 is 10.1 Å². The number of hydrogen-bond donors (Lipinski definition) is 1. The second-order valence-electron chi connectivity index (χ2n) is 7.81. The van der Waals surface area contributed by atoms with E-state index in [0.29, 0.717) is 12.0 Å². The third-order valence-electron chi connectivity index (χ3n) is 5.40. The van der Waals surface area contributed by atoms with Gasteiger partial charge in [-0.05, 0) is 44.2 Å². The molecule has 2 heterocycles. The highest BCUT2D eigenvalue weighted by atomic mass is 32.2. The van der Waals surface area contributed by atoms with Crippen molar-refractivity contribution in [1.29, 1.82) is 0 Å². The van der Waals surface area contributed by atoms with Crippen LogP contribution in [0, 0.1) is 0 Å². The molecule has 2 aliphatic rings. The minimum atomic E-state index is -3.13. The summed E-state index contributed by atoms with van der Waals surface area (Å²) in [5, 5.41) is 3.42. The molecule has 1 saturated heterocycles. The van der Waals surface area contributed by atoms with Crippen molar-refractivity contribution in [3.8, 4) is 0 Å². The van der Waals surface area contributed by atoms with E-state index in [1.165, 1.54) is 0 Å². The molecule has 1 amide bonds. The van der Waals surface area contributed by atoms with Gasteiger partial charge in [0.05, 0.1) is 28.1 Å². The maximum Gasteiger partial charge on any atom is 0.339 e. The summed E-state index contributed by atoms with van der Waals surface area (Å²) in [5.74, 6) is -1.08.